The van der Waals surface area contributed by atoms with Crippen molar-refractivity contribution in [3.8, 4) is 6.07 Å². The maximum atomic E-state index is 13.3. The van der Waals surface area contributed by atoms with Gasteiger partial charge in [0.05, 0.1) is 17.4 Å². The van der Waals surface area contributed by atoms with Gasteiger partial charge in [-0.15, -0.1) is 0 Å². The van der Waals surface area contributed by atoms with Crippen LogP contribution in [-0.4, -0.2) is 32.2 Å². The lowest BCUT2D eigenvalue weighted by Crippen LogP contribution is -2.40. The quantitative estimate of drug-likeness (QED) is 0.753. The Kier molecular flexibility index (Phi) is 6.26. The Morgan fingerprint density at radius 1 is 1.15 bits per heavy atom. The van der Waals surface area contributed by atoms with Crippen LogP contribution in [0.3, 0.4) is 0 Å². The highest BCUT2D eigenvalue weighted by molar-refractivity contribution is 7.90. The van der Waals surface area contributed by atoms with E-state index in [4.69, 9.17) is 5.26 Å². The van der Waals surface area contributed by atoms with E-state index in [1.165, 1.54) is 6.07 Å². The summed E-state index contributed by atoms with van der Waals surface area (Å²) in [5.74, 6) is -3.27. The van der Waals surface area contributed by atoms with Gasteiger partial charge in [0.2, 0.25) is 0 Å². The molecular formula is C18H16FN3O4S. The third-order valence-corrected chi connectivity index (χ3v) is 4.47. The number of carbonyl (C=O) groups excluding carboxylic acids is 2. The predicted molar refractivity (Wildman–Crippen MR) is 96.8 cm³/mol. The minimum atomic E-state index is -3.44. The van der Waals surface area contributed by atoms with Crippen LogP contribution in [0, 0.1) is 17.1 Å². The highest BCUT2D eigenvalue weighted by atomic mass is 32.2. The van der Waals surface area contributed by atoms with E-state index in [9.17, 15) is 22.4 Å². The van der Waals surface area contributed by atoms with Gasteiger partial charge < -0.3 is 10.6 Å². The molecule has 0 aliphatic rings. The lowest BCUT2D eigenvalue weighted by molar-refractivity contribution is -0.136. The van der Waals surface area contributed by atoms with Gasteiger partial charge in [-0.05, 0) is 23.8 Å². The smallest absolute Gasteiger partial charge is 0.313 e. The molecule has 0 heterocycles. The molecule has 0 saturated heterocycles. The molecule has 2 N–H and O–H groups in total. The van der Waals surface area contributed by atoms with Crippen molar-refractivity contribution in [3.63, 3.8) is 0 Å². The molecule has 7 nitrogen and oxygen atoms in total. The van der Waals surface area contributed by atoms with Crippen molar-refractivity contribution >= 4 is 27.3 Å². The molecule has 0 aliphatic heterocycles. The van der Waals surface area contributed by atoms with Crippen molar-refractivity contribution in [1.29, 1.82) is 5.26 Å². The van der Waals surface area contributed by atoms with Gasteiger partial charge in [0.25, 0.3) is 0 Å². The average Bonchev–Trinajstić information content (AvgIpc) is 2.62. The summed E-state index contributed by atoms with van der Waals surface area (Å²) < 4.78 is 36.6. The Balaban J connectivity index is 2.14. The molecule has 0 aliphatic carbocycles. The first kappa shape index (κ1) is 20.1. The van der Waals surface area contributed by atoms with E-state index < -0.39 is 33.5 Å². The number of rotatable bonds is 5. The minimum absolute atomic E-state index is 0.0625. The molecule has 0 radical (unpaired) electrons. The van der Waals surface area contributed by atoms with Crippen molar-refractivity contribution in [2.75, 3.05) is 17.3 Å². The summed E-state index contributed by atoms with van der Waals surface area (Å²) >= 11 is 0. The van der Waals surface area contributed by atoms with E-state index in [1.54, 1.807) is 36.4 Å². The Bertz CT molecular complexity index is 1000. The number of nitrogens with zero attached hydrogens (tertiary/aromatic N) is 1. The largest absolute Gasteiger partial charge is 0.340 e. The molecule has 0 aromatic heterocycles. The second-order valence-electron chi connectivity index (χ2n) is 5.79. The maximum absolute atomic E-state index is 13.3. The van der Waals surface area contributed by atoms with Crippen LogP contribution in [-0.2, 0) is 19.4 Å². The van der Waals surface area contributed by atoms with E-state index in [-0.39, 0.29) is 17.0 Å². The van der Waals surface area contributed by atoms with Gasteiger partial charge in [-0.2, -0.15) is 5.26 Å². The molecule has 140 valence electrons. The van der Waals surface area contributed by atoms with Gasteiger partial charge in [0.15, 0.2) is 0 Å². The summed E-state index contributed by atoms with van der Waals surface area (Å²) in [5, 5.41) is 13.4. The van der Waals surface area contributed by atoms with Gasteiger partial charge in [-0.1, -0.05) is 30.3 Å². The second-order valence-corrected chi connectivity index (χ2v) is 7.97. The Hall–Kier alpha value is -3.25. The number of nitrogens with one attached hydrogen (secondary N) is 2. The molecule has 27 heavy (non-hydrogen) atoms. The summed E-state index contributed by atoms with van der Waals surface area (Å²) in [6, 6.07) is 12.3. The number of hydrogen-bond acceptors (Lipinski definition) is 5. The molecule has 0 fully saturated rings. The monoisotopic (exact) mass is 389 g/mol. The zero-order valence-electron chi connectivity index (χ0n) is 14.3. The van der Waals surface area contributed by atoms with Crippen LogP contribution in [0.2, 0.25) is 0 Å². The zero-order chi connectivity index (χ0) is 20.0. The molecule has 2 amide bonds. The van der Waals surface area contributed by atoms with Crippen LogP contribution in [0.5, 0.6) is 0 Å². The fourth-order valence-corrected chi connectivity index (χ4v) is 3.19. The van der Waals surface area contributed by atoms with Crippen molar-refractivity contribution in [2.45, 2.75) is 6.04 Å². The van der Waals surface area contributed by atoms with Crippen LogP contribution >= 0.6 is 0 Å². The molecular weight excluding hydrogens is 373 g/mol. The standard InChI is InChI=1S/C18H16FN3O4S/c1-27(25,26)11-16(12-5-3-2-4-6-12)22-18(24)17(23)21-14-7-8-15(19)13(9-14)10-20/h2-9,16H,11H2,1H3,(H,21,23)(H,22,24). The SMILES string of the molecule is CS(=O)(=O)CC(NC(=O)C(=O)Nc1ccc(F)c(C#N)c1)c1ccccc1. The van der Waals surface area contributed by atoms with Crippen LogP contribution in [0.1, 0.15) is 17.2 Å². The third-order valence-electron chi connectivity index (χ3n) is 3.53. The van der Waals surface area contributed by atoms with E-state index in [0.29, 0.717) is 5.56 Å². The Labute approximate surface area is 155 Å². The molecule has 2 aromatic rings. The predicted octanol–water partition coefficient (Wildman–Crippen LogP) is 1.54. The lowest BCUT2D eigenvalue weighted by Gasteiger charge is -2.18. The molecule has 0 bridgehead atoms. The van der Waals surface area contributed by atoms with Crippen LogP contribution in [0.4, 0.5) is 10.1 Å². The fraction of sp³-hybridized carbons (Fsp3) is 0.167. The van der Waals surface area contributed by atoms with Gasteiger partial charge >= 0.3 is 11.8 Å². The molecule has 2 aromatic carbocycles. The summed E-state index contributed by atoms with van der Waals surface area (Å²) in [7, 11) is -3.44. The fourth-order valence-electron chi connectivity index (χ4n) is 2.31. The Morgan fingerprint density at radius 3 is 2.41 bits per heavy atom. The van der Waals surface area contributed by atoms with Gasteiger partial charge in [0.1, 0.15) is 21.7 Å². The van der Waals surface area contributed by atoms with E-state index in [1.807, 2.05) is 0 Å². The molecule has 0 saturated carbocycles. The number of amides is 2. The van der Waals surface area contributed by atoms with Crippen molar-refractivity contribution in [3.05, 3.63) is 65.5 Å². The maximum Gasteiger partial charge on any atom is 0.313 e. The van der Waals surface area contributed by atoms with Crippen molar-refractivity contribution in [1.82, 2.24) is 5.32 Å². The van der Waals surface area contributed by atoms with Gasteiger partial charge in [-0.3, -0.25) is 9.59 Å². The summed E-state index contributed by atoms with van der Waals surface area (Å²) in [4.78, 5) is 24.3. The van der Waals surface area contributed by atoms with E-state index in [2.05, 4.69) is 10.6 Å². The highest BCUT2D eigenvalue weighted by Gasteiger charge is 2.23. The molecule has 0 spiro atoms. The first-order valence-electron chi connectivity index (χ1n) is 7.74. The van der Waals surface area contributed by atoms with E-state index >= 15 is 0 Å². The van der Waals surface area contributed by atoms with Crippen LogP contribution in [0.15, 0.2) is 48.5 Å². The first-order chi connectivity index (χ1) is 12.7. The molecule has 2 rings (SSSR count). The molecule has 9 heteroatoms. The van der Waals surface area contributed by atoms with Gasteiger partial charge in [0, 0.05) is 11.9 Å². The number of anilines is 1. The zero-order valence-corrected chi connectivity index (χ0v) is 15.1. The number of sulfone groups is 1. The van der Waals surface area contributed by atoms with Crippen LogP contribution in [0.25, 0.3) is 0 Å². The number of halogens is 1. The third kappa shape index (κ3) is 5.90. The number of hydrogen-bond donors (Lipinski definition) is 2. The Morgan fingerprint density at radius 2 is 1.81 bits per heavy atom. The average molecular weight is 389 g/mol. The first-order valence-corrected chi connectivity index (χ1v) is 9.80. The topological polar surface area (TPSA) is 116 Å². The highest BCUT2D eigenvalue weighted by Crippen LogP contribution is 2.16. The lowest BCUT2D eigenvalue weighted by atomic mass is 10.1. The summed E-state index contributed by atoms with van der Waals surface area (Å²) in [5.41, 5.74) is 0.303. The number of carbonyl (C=O) groups is 2. The minimum Gasteiger partial charge on any atom is -0.340 e. The van der Waals surface area contributed by atoms with Crippen LogP contribution < -0.4 is 10.6 Å². The van der Waals surface area contributed by atoms with Crippen molar-refractivity contribution in [2.24, 2.45) is 0 Å². The summed E-state index contributed by atoms with van der Waals surface area (Å²) in [6.45, 7) is 0. The van der Waals surface area contributed by atoms with Gasteiger partial charge in [-0.25, -0.2) is 12.8 Å². The van der Waals surface area contributed by atoms with Crippen molar-refractivity contribution < 1.29 is 22.4 Å². The van der Waals surface area contributed by atoms with E-state index in [0.717, 1.165) is 18.4 Å². The number of benzene rings is 2. The second kappa shape index (κ2) is 8.42. The molecule has 1 unspecified atom stereocenters. The normalized spacial score (nSPS) is 11.9. The summed E-state index contributed by atoms with van der Waals surface area (Å²) in [6.07, 6.45) is 1.02. The molecule has 1 atom stereocenters. The number of nitriles is 1.